The first kappa shape index (κ1) is 17.5. The van der Waals surface area contributed by atoms with Gasteiger partial charge in [0.15, 0.2) is 5.11 Å². The van der Waals surface area contributed by atoms with Crippen molar-refractivity contribution in [1.29, 1.82) is 0 Å². The van der Waals surface area contributed by atoms with E-state index in [1.54, 1.807) is 0 Å². The number of aromatic nitrogens is 2. The highest BCUT2D eigenvalue weighted by Gasteiger charge is 2.13. The van der Waals surface area contributed by atoms with Crippen molar-refractivity contribution in [3.8, 4) is 0 Å². The van der Waals surface area contributed by atoms with Gasteiger partial charge >= 0.3 is 0 Å². The minimum Gasteiger partial charge on any atom is -0.331 e. The Morgan fingerprint density at radius 2 is 1.72 bits per heavy atom. The molecule has 0 saturated heterocycles. The Morgan fingerprint density at radius 1 is 1.04 bits per heavy atom. The molecule has 0 unspecified atom stereocenters. The smallest absolute Gasteiger partial charge is 0.175 e. The second-order valence-corrected chi connectivity index (χ2v) is 6.56. The van der Waals surface area contributed by atoms with E-state index in [1.807, 2.05) is 61.0 Å². The van der Waals surface area contributed by atoms with Gasteiger partial charge in [-0.1, -0.05) is 54.1 Å². The topological polar surface area (TPSA) is 41.9 Å². The molecule has 3 rings (SSSR count). The summed E-state index contributed by atoms with van der Waals surface area (Å²) < 4.78 is 1.98. The lowest BCUT2D eigenvalue weighted by atomic mass is 10.2. The summed E-state index contributed by atoms with van der Waals surface area (Å²) in [6.07, 6.45) is 0. The van der Waals surface area contributed by atoms with Crippen LogP contribution < -0.4 is 10.6 Å². The lowest BCUT2D eigenvalue weighted by Crippen LogP contribution is -2.20. The molecule has 0 radical (unpaired) electrons. The Bertz CT molecular complexity index is 890. The van der Waals surface area contributed by atoms with Crippen LogP contribution in [0.15, 0.2) is 54.6 Å². The third-order valence-corrected chi connectivity index (χ3v) is 4.45. The normalized spacial score (nSPS) is 10.5. The van der Waals surface area contributed by atoms with Crippen LogP contribution in [0.5, 0.6) is 0 Å². The van der Waals surface area contributed by atoms with Crippen molar-refractivity contribution in [2.45, 2.75) is 20.4 Å². The van der Waals surface area contributed by atoms with Crippen molar-refractivity contribution in [3.05, 3.63) is 76.6 Å². The first-order chi connectivity index (χ1) is 12.0. The van der Waals surface area contributed by atoms with E-state index in [2.05, 4.69) is 27.9 Å². The van der Waals surface area contributed by atoms with E-state index in [0.717, 1.165) is 29.3 Å². The van der Waals surface area contributed by atoms with Gasteiger partial charge in [-0.25, -0.2) is 0 Å². The zero-order valence-corrected chi connectivity index (χ0v) is 15.7. The first-order valence-electron chi connectivity index (χ1n) is 7.95. The monoisotopic (exact) mass is 370 g/mol. The standard InChI is InChI=1S/C19H19ClN4S/c1-13-18(22-19(25)21-17-11-7-6-10-16(17)20)14(2)24(23-13)12-15-8-4-3-5-9-15/h3-11H,12H2,1-2H3,(H2,21,22,25). The molecule has 0 spiro atoms. The molecule has 0 bridgehead atoms. The number of rotatable bonds is 4. The largest absolute Gasteiger partial charge is 0.331 e. The zero-order chi connectivity index (χ0) is 17.8. The van der Waals surface area contributed by atoms with Crippen LogP contribution in [0.2, 0.25) is 5.02 Å². The second kappa shape index (κ2) is 7.68. The molecule has 25 heavy (non-hydrogen) atoms. The van der Waals surface area contributed by atoms with Crippen LogP contribution in [-0.4, -0.2) is 14.9 Å². The van der Waals surface area contributed by atoms with Gasteiger partial charge in [0.2, 0.25) is 0 Å². The van der Waals surface area contributed by atoms with Gasteiger partial charge in [0.05, 0.1) is 34.3 Å². The van der Waals surface area contributed by atoms with Crippen molar-refractivity contribution < 1.29 is 0 Å². The van der Waals surface area contributed by atoms with Crippen LogP contribution in [-0.2, 0) is 6.54 Å². The number of benzene rings is 2. The summed E-state index contributed by atoms with van der Waals surface area (Å²) >= 11 is 11.6. The Kier molecular flexibility index (Phi) is 5.36. The van der Waals surface area contributed by atoms with Gasteiger partial charge in [-0.2, -0.15) is 5.10 Å². The number of halogens is 1. The molecule has 2 aromatic carbocycles. The molecular weight excluding hydrogens is 352 g/mol. The summed E-state index contributed by atoms with van der Waals surface area (Å²) in [6.45, 7) is 4.72. The van der Waals surface area contributed by atoms with Crippen LogP contribution in [0.3, 0.4) is 0 Å². The average molecular weight is 371 g/mol. The number of nitrogens with zero attached hydrogens (tertiary/aromatic N) is 2. The van der Waals surface area contributed by atoms with E-state index in [1.165, 1.54) is 5.56 Å². The van der Waals surface area contributed by atoms with E-state index in [4.69, 9.17) is 23.8 Å². The molecule has 0 aliphatic carbocycles. The maximum atomic E-state index is 6.16. The predicted molar refractivity (Wildman–Crippen MR) is 109 cm³/mol. The summed E-state index contributed by atoms with van der Waals surface area (Å²) in [4.78, 5) is 0. The maximum absolute atomic E-state index is 6.16. The van der Waals surface area contributed by atoms with E-state index in [0.29, 0.717) is 10.1 Å². The van der Waals surface area contributed by atoms with Crippen molar-refractivity contribution in [2.24, 2.45) is 0 Å². The summed E-state index contributed by atoms with van der Waals surface area (Å²) in [6, 6.07) is 17.7. The number of hydrogen-bond acceptors (Lipinski definition) is 2. The molecule has 1 aromatic heterocycles. The van der Waals surface area contributed by atoms with Crippen molar-refractivity contribution in [2.75, 3.05) is 10.6 Å². The van der Waals surface area contributed by atoms with E-state index < -0.39 is 0 Å². The fourth-order valence-electron chi connectivity index (χ4n) is 2.62. The number of anilines is 2. The predicted octanol–water partition coefficient (Wildman–Crippen LogP) is 5.01. The van der Waals surface area contributed by atoms with Gasteiger partial charge in [-0.3, -0.25) is 4.68 Å². The fraction of sp³-hybridized carbons (Fsp3) is 0.158. The van der Waals surface area contributed by atoms with Crippen molar-refractivity contribution in [3.63, 3.8) is 0 Å². The Balaban J connectivity index is 1.74. The third kappa shape index (κ3) is 4.18. The SMILES string of the molecule is Cc1nn(Cc2ccccc2)c(C)c1NC(=S)Nc1ccccc1Cl. The van der Waals surface area contributed by atoms with Crippen LogP contribution in [0, 0.1) is 13.8 Å². The van der Waals surface area contributed by atoms with Crippen LogP contribution in [0.25, 0.3) is 0 Å². The van der Waals surface area contributed by atoms with Crippen LogP contribution >= 0.6 is 23.8 Å². The molecular formula is C19H19ClN4S. The van der Waals surface area contributed by atoms with Gasteiger partial charge < -0.3 is 10.6 Å². The van der Waals surface area contributed by atoms with Gasteiger partial charge in [-0.15, -0.1) is 0 Å². The molecule has 3 aromatic rings. The molecule has 0 aliphatic heterocycles. The number of hydrogen-bond donors (Lipinski definition) is 2. The molecule has 6 heteroatoms. The minimum atomic E-state index is 0.485. The Labute approximate surface area is 157 Å². The second-order valence-electron chi connectivity index (χ2n) is 5.75. The van der Waals surface area contributed by atoms with E-state index >= 15 is 0 Å². The quantitative estimate of drug-likeness (QED) is 0.633. The fourth-order valence-corrected chi connectivity index (χ4v) is 3.01. The molecule has 0 fully saturated rings. The third-order valence-electron chi connectivity index (χ3n) is 3.92. The van der Waals surface area contributed by atoms with Crippen molar-refractivity contribution in [1.82, 2.24) is 9.78 Å². The van der Waals surface area contributed by atoms with Crippen LogP contribution in [0.4, 0.5) is 11.4 Å². The lowest BCUT2D eigenvalue weighted by Gasteiger charge is -2.12. The minimum absolute atomic E-state index is 0.485. The maximum Gasteiger partial charge on any atom is 0.175 e. The molecule has 0 aliphatic rings. The Hall–Kier alpha value is -2.37. The Morgan fingerprint density at radius 3 is 2.44 bits per heavy atom. The van der Waals surface area contributed by atoms with Gasteiger partial charge in [0, 0.05) is 0 Å². The summed E-state index contributed by atoms with van der Waals surface area (Å²) in [5.41, 5.74) is 4.83. The highest BCUT2D eigenvalue weighted by atomic mass is 35.5. The zero-order valence-electron chi connectivity index (χ0n) is 14.1. The summed E-state index contributed by atoms with van der Waals surface area (Å²) in [5.74, 6) is 0. The number of thiocarbonyl (C=S) groups is 1. The molecule has 4 nitrogen and oxygen atoms in total. The van der Waals surface area contributed by atoms with Gasteiger partial charge in [0.1, 0.15) is 0 Å². The van der Waals surface area contributed by atoms with E-state index in [-0.39, 0.29) is 0 Å². The highest BCUT2D eigenvalue weighted by molar-refractivity contribution is 7.80. The first-order valence-corrected chi connectivity index (χ1v) is 8.73. The van der Waals surface area contributed by atoms with Crippen LogP contribution in [0.1, 0.15) is 17.0 Å². The molecule has 0 saturated carbocycles. The summed E-state index contributed by atoms with van der Waals surface area (Å²) in [7, 11) is 0. The molecule has 1 heterocycles. The average Bonchev–Trinajstić information content (AvgIpc) is 2.85. The lowest BCUT2D eigenvalue weighted by molar-refractivity contribution is 0.659. The van der Waals surface area contributed by atoms with Crippen molar-refractivity contribution >= 4 is 40.3 Å². The summed E-state index contributed by atoms with van der Waals surface area (Å²) in [5, 5.41) is 12.1. The molecule has 0 amide bonds. The highest BCUT2D eigenvalue weighted by Crippen LogP contribution is 2.23. The van der Waals surface area contributed by atoms with E-state index in [9.17, 15) is 0 Å². The van der Waals surface area contributed by atoms with Gasteiger partial charge in [-0.05, 0) is 43.8 Å². The molecule has 0 atom stereocenters. The van der Waals surface area contributed by atoms with Gasteiger partial charge in [0.25, 0.3) is 0 Å². The number of nitrogens with one attached hydrogen (secondary N) is 2. The number of para-hydroxylation sites is 1. The molecule has 2 N–H and O–H groups in total. The molecule has 128 valence electrons. The number of aryl methyl sites for hydroxylation is 1.